The summed E-state index contributed by atoms with van der Waals surface area (Å²) < 4.78 is 0. The molecule has 1 atom stereocenters. The van der Waals surface area contributed by atoms with Gasteiger partial charge in [0.25, 0.3) is 0 Å². The third-order valence-corrected chi connectivity index (χ3v) is 5.82. The normalized spacial score (nSPS) is 20.4. The van der Waals surface area contributed by atoms with E-state index in [4.69, 9.17) is 19.9 Å². The monoisotopic (exact) mass is 380 g/mol. The zero-order valence-electron chi connectivity index (χ0n) is 18.0. The van der Waals surface area contributed by atoms with E-state index < -0.39 is 0 Å². The molecule has 0 bridgehead atoms. The molecule has 28 heavy (non-hydrogen) atoms. The summed E-state index contributed by atoms with van der Waals surface area (Å²) >= 11 is 0. The molecular weight excluding hydrogens is 348 g/mol. The Morgan fingerprint density at radius 1 is 1.07 bits per heavy atom. The summed E-state index contributed by atoms with van der Waals surface area (Å²) in [4.78, 5) is 19.2. The van der Waals surface area contributed by atoms with Crippen LogP contribution in [0.15, 0.2) is 6.20 Å². The fourth-order valence-electron chi connectivity index (χ4n) is 4.40. The van der Waals surface area contributed by atoms with Gasteiger partial charge in [-0.1, -0.05) is 34.6 Å². The molecule has 0 aromatic carbocycles. The largest absolute Gasteiger partial charge is 0.373 e. The predicted molar refractivity (Wildman–Crippen MR) is 113 cm³/mol. The average molecular weight is 381 g/mol. The van der Waals surface area contributed by atoms with Crippen molar-refractivity contribution in [2.24, 2.45) is 5.41 Å². The highest BCUT2D eigenvalue weighted by Gasteiger charge is 2.35. The fraction of sp³-hybridized carbons (Fsp3) is 0.636. The number of hydrogen-bond donors (Lipinski definition) is 2. The van der Waals surface area contributed by atoms with Crippen molar-refractivity contribution in [3.8, 4) is 0 Å². The van der Waals surface area contributed by atoms with Crippen LogP contribution in [0.3, 0.4) is 0 Å². The molecule has 0 saturated heterocycles. The maximum atomic E-state index is 4.96. The van der Waals surface area contributed by atoms with E-state index in [1.54, 1.807) is 0 Å². The van der Waals surface area contributed by atoms with Crippen molar-refractivity contribution in [2.45, 2.75) is 78.2 Å². The summed E-state index contributed by atoms with van der Waals surface area (Å²) in [5, 5.41) is 6.86. The summed E-state index contributed by atoms with van der Waals surface area (Å²) in [6.45, 7) is 11.1. The molecule has 6 heteroatoms. The summed E-state index contributed by atoms with van der Waals surface area (Å²) in [5.74, 6) is 2.58. The first-order chi connectivity index (χ1) is 13.2. The van der Waals surface area contributed by atoms with Crippen LogP contribution in [0.25, 0.3) is 0 Å². The van der Waals surface area contributed by atoms with Crippen LogP contribution < -0.4 is 10.6 Å². The maximum absolute atomic E-state index is 4.96. The van der Waals surface area contributed by atoms with Crippen LogP contribution in [0.4, 0.5) is 11.8 Å². The van der Waals surface area contributed by atoms with Gasteiger partial charge in [-0.2, -0.15) is 4.98 Å². The van der Waals surface area contributed by atoms with E-state index in [1.165, 1.54) is 16.8 Å². The number of nitrogens with zero attached hydrogens (tertiary/aromatic N) is 4. The Balaban J connectivity index is 1.70. The van der Waals surface area contributed by atoms with Crippen LogP contribution >= 0.6 is 0 Å². The number of rotatable bonds is 3. The maximum Gasteiger partial charge on any atom is 0.225 e. The van der Waals surface area contributed by atoms with E-state index in [2.05, 4.69) is 45.3 Å². The van der Waals surface area contributed by atoms with Gasteiger partial charge in [-0.3, -0.25) is 0 Å². The van der Waals surface area contributed by atoms with Gasteiger partial charge in [-0.05, 0) is 37.5 Å². The molecule has 2 aromatic rings. The van der Waals surface area contributed by atoms with E-state index >= 15 is 0 Å². The quantitative estimate of drug-likeness (QED) is 0.830. The van der Waals surface area contributed by atoms with Gasteiger partial charge in [0.15, 0.2) is 0 Å². The first kappa shape index (κ1) is 19.1. The summed E-state index contributed by atoms with van der Waals surface area (Å²) in [5.41, 5.74) is 4.90. The Morgan fingerprint density at radius 3 is 2.57 bits per heavy atom. The highest BCUT2D eigenvalue weighted by Crippen LogP contribution is 2.42. The molecule has 0 saturated carbocycles. The molecule has 2 aromatic heterocycles. The smallest absolute Gasteiger partial charge is 0.225 e. The summed E-state index contributed by atoms with van der Waals surface area (Å²) in [6.07, 6.45) is 7.25. The van der Waals surface area contributed by atoms with Crippen LogP contribution in [0.1, 0.15) is 81.8 Å². The Labute approximate surface area is 168 Å². The Morgan fingerprint density at radius 2 is 1.86 bits per heavy atom. The number of aromatic nitrogens is 4. The van der Waals surface area contributed by atoms with Gasteiger partial charge in [0, 0.05) is 35.5 Å². The molecule has 2 heterocycles. The third-order valence-electron chi connectivity index (χ3n) is 5.82. The minimum atomic E-state index is -0.0513. The van der Waals surface area contributed by atoms with Crippen LogP contribution in [0, 0.1) is 5.41 Å². The van der Waals surface area contributed by atoms with Gasteiger partial charge < -0.3 is 10.6 Å². The molecular formula is C22H32N6. The van der Waals surface area contributed by atoms with Crippen LogP contribution in [-0.2, 0) is 24.7 Å². The lowest BCUT2D eigenvalue weighted by atomic mass is 9.74. The first-order valence-corrected chi connectivity index (χ1v) is 10.4. The van der Waals surface area contributed by atoms with Crippen molar-refractivity contribution in [2.75, 3.05) is 17.7 Å². The minimum absolute atomic E-state index is 0.0513. The van der Waals surface area contributed by atoms with Crippen molar-refractivity contribution >= 4 is 11.8 Å². The second kappa shape index (κ2) is 6.68. The molecule has 0 spiro atoms. The molecule has 6 nitrogen and oxygen atoms in total. The molecule has 0 unspecified atom stereocenters. The highest BCUT2D eigenvalue weighted by atomic mass is 15.2. The number of fused-ring (bicyclic) bond motifs is 2. The van der Waals surface area contributed by atoms with Gasteiger partial charge in [0.1, 0.15) is 11.6 Å². The molecule has 150 valence electrons. The van der Waals surface area contributed by atoms with E-state index in [9.17, 15) is 0 Å². The van der Waals surface area contributed by atoms with Crippen LogP contribution in [-0.4, -0.2) is 27.0 Å². The third kappa shape index (κ3) is 3.56. The zero-order chi connectivity index (χ0) is 20.1. The van der Waals surface area contributed by atoms with Crippen LogP contribution in [0.5, 0.6) is 0 Å². The molecule has 2 aliphatic carbocycles. The van der Waals surface area contributed by atoms with Crippen molar-refractivity contribution < 1.29 is 0 Å². The zero-order valence-corrected chi connectivity index (χ0v) is 18.0. The molecule has 0 radical (unpaired) electrons. The van der Waals surface area contributed by atoms with Gasteiger partial charge >= 0.3 is 0 Å². The summed E-state index contributed by atoms with van der Waals surface area (Å²) in [7, 11) is 1.94. The van der Waals surface area contributed by atoms with Crippen molar-refractivity contribution in [3.05, 3.63) is 34.5 Å². The topological polar surface area (TPSA) is 75.6 Å². The predicted octanol–water partition coefficient (Wildman–Crippen LogP) is 4.22. The van der Waals surface area contributed by atoms with Crippen molar-refractivity contribution in [1.29, 1.82) is 0 Å². The van der Waals surface area contributed by atoms with Gasteiger partial charge in [0.2, 0.25) is 5.95 Å². The van der Waals surface area contributed by atoms with Crippen LogP contribution in [0.2, 0.25) is 0 Å². The molecule has 0 fully saturated rings. The fourth-order valence-corrected chi connectivity index (χ4v) is 4.40. The van der Waals surface area contributed by atoms with E-state index in [0.717, 1.165) is 49.4 Å². The lowest BCUT2D eigenvalue weighted by Gasteiger charge is -2.37. The van der Waals surface area contributed by atoms with E-state index in [-0.39, 0.29) is 16.9 Å². The average Bonchev–Trinajstić information content (AvgIpc) is 3.07. The number of hydrogen-bond acceptors (Lipinski definition) is 6. The summed E-state index contributed by atoms with van der Waals surface area (Å²) in [6, 6.07) is 0.122. The molecule has 0 aliphatic heterocycles. The molecule has 2 N–H and O–H groups in total. The second-order valence-corrected chi connectivity index (χ2v) is 10.0. The lowest BCUT2D eigenvalue weighted by Crippen LogP contribution is -2.32. The van der Waals surface area contributed by atoms with Gasteiger partial charge in [-0.25, -0.2) is 15.0 Å². The van der Waals surface area contributed by atoms with E-state index in [1.807, 2.05) is 13.2 Å². The second-order valence-electron chi connectivity index (χ2n) is 10.0. The molecule has 0 amide bonds. The molecule has 4 rings (SSSR count). The number of anilines is 2. The Kier molecular flexibility index (Phi) is 4.55. The van der Waals surface area contributed by atoms with Crippen molar-refractivity contribution in [3.63, 3.8) is 0 Å². The van der Waals surface area contributed by atoms with Gasteiger partial charge in [-0.15, -0.1) is 0 Å². The standard InChI is InChI=1S/C22H32N6/c1-21(2,3)19-24-12-14-16(25-19)10-22(4,5)11-17(14)27-20-26-15-9-7-8-13(15)18(23-6)28-20/h12,17H,7-11H2,1-6H3,(H2,23,26,27,28)/t17-/m1/s1. The van der Waals surface area contributed by atoms with Gasteiger partial charge in [0.05, 0.1) is 11.7 Å². The SMILES string of the molecule is CNc1nc(N[C@@H]2CC(C)(C)Cc3nc(C(C)(C)C)ncc32)nc2c1CCC2. The Hall–Kier alpha value is -2.24. The van der Waals surface area contributed by atoms with Crippen molar-refractivity contribution in [1.82, 2.24) is 19.9 Å². The number of nitrogens with one attached hydrogen (secondary N) is 2. The number of aryl methyl sites for hydroxylation is 1. The molecule has 2 aliphatic rings. The highest BCUT2D eigenvalue weighted by molar-refractivity contribution is 5.52. The first-order valence-electron chi connectivity index (χ1n) is 10.4. The lowest BCUT2D eigenvalue weighted by molar-refractivity contribution is 0.284. The minimum Gasteiger partial charge on any atom is -0.373 e. The van der Waals surface area contributed by atoms with E-state index in [0.29, 0.717) is 5.95 Å². The Bertz CT molecular complexity index is 897.